The fraction of sp³-hybridized carbons (Fsp3) is 0.0769. The van der Waals surface area contributed by atoms with Crippen LogP contribution in [0.25, 0.3) is 11.1 Å². The summed E-state index contributed by atoms with van der Waals surface area (Å²) in [4.78, 5) is 0. The minimum absolute atomic E-state index is 0.0188. The van der Waals surface area contributed by atoms with E-state index in [0.717, 1.165) is 0 Å². The molecule has 0 amide bonds. The summed E-state index contributed by atoms with van der Waals surface area (Å²) in [5.41, 5.74) is 0.556. The molecule has 0 unspecified atom stereocenters. The molecule has 2 nitrogen and oxygen atoms in total. The second-order valence-corrected chi connectivity index (χ2v) is 4.84. The lowest BCUT2D eigenvalue weighted by atomic mass is 10.0. The molecule has 0 spiro atoms. The Bertz CT molecular complexity index is 602. The summed E-state index contributed by atoms with van der Waals surface area (Å²) >= 11 is 8.96. The van der Waals surface area contributed by atoms with Crippen LogP contribution in [-0.2, 0) is 0 Å². The molecule has 0 atom stereocenters. The summed E-state index contributed by atoms with van der Waals surface area (Å²) < 4.78 is 19.6. The highest BCUT2D eigenvalue weighted by Crippen LogP contribution is 2.38. The maximum atomic E-state index is 14.0. The normalized spacial score (nSPS) is 10.4. The highest BCUT2D eigenvalue weighted by atomic mass is 79.9. The van der Waals surface area contributed by atoms with E-state index in [4.69, 9.17) is 16.3 Å². The zero-order chi connectivity index (χ0) is 13.3. The zero-order valence-corrected chi connectivity index (χ0v) is 11.7. The van der Waals surface area contributed by atoms with Crippen molar-refractivity contribution >= 4 is 27.5 Å². The average Bonchev–Trinajstić information content (AvgIpc) is 2.37. The Balaban J connectivity index is 2.65. The van der Waals surface area contributed by atoms with E-state index in [1.165, 1.54) is 13.2 Å². The Labute approximate surface area is 117 Å². The Morgan fingerprint density at radius 3 is 2.61 bits per heavy atom. The Kier molecular flexibility index (Phi) is 3.78. The number of phenolic OH excluding ortho intramolecular Hbond substituents is 1. The minimum Gasteiger partial charge on any atom is -0.507 e. The first kappa shape index (κ1) is 13.2. The van der Waals surface area contributed by atoms with Crippen LogP contribution >= 0.6 is 27.5 Å². The van der Waals surface area contributed by atoms with Crippen molar-refractivity contribution in [1.82, 2.24) is 0 Å². The van der Waals surface area contributed by atoms with E-state index in [2.05, 4.69) is 15.9 Å². The van der Waals surface area contributed by atoms with Crippen LogP contribution in [-0.4, -0.2) is 12.2 Å². The van der Waals surface area contributed by atoms with Crippen molar-refractivity contribution in [2.45, 2.75) is 0 Å². The van der Waals surface area contributed by atoms with Crippen molar-refractivity contribution in [3.63, 3.8) is 0 Å². The van der Waals surface area contributed by atoms with Crippen LogP contribution in [0.3, 0.4) is 0 Å². The maximum Gasteiger partial charge on any atom is 0.150 e. The lowest BCUT2D eigenvalue weighted by molar-refractivity contribution is 0.412. The molecule has 0 saturated heterocycles. The summed E-state index contributed by atoms with van der Waals surface area (Å²) in [5.74, 6) is -0.0936. The number of halogens is 3. The lowest BCUT2D eigenvalue weighted by Gasteiger charge is -2.10. The second-order valence-electron chi connectivity index (χ2n) is 3.61. The van der Waals surface area contributed by atoms with Crippen molar-refractivity contribution < 1.29 is 14.2 Å². The topological polar surface area (TPSA) is 29.5 Å². The van der Waals surface area contributed by atoms with Gasteiger partial charge in [0, 0.05) is 15.6 Å². The fourth-order valence-electron chi connectivity index (χ4n) is 1.59. The molecule has 18 heavy (non-hydrogen) atoms. The summed E-state index contributed by atoms with van der Waals surface area (Å²) in [6.45, 7) is 0. The molecule has 2 aromatic carbocycles. The molecule has 0 aliphatic heterocycles. The molecule has 0 bridgehead atoms. The predicted octanol–water partition coefficient (Wildman–Crippen LogP) is 4.62. The molecule has 0 aliphatic carbocycles. The van der Waals surface area contributed by atoms with Gasteiger partial charge < -0.3 is 9.84 Å². The van der Waals surface area contributed by atoms with E-state index in [-0.39, 0.29) is 16.3 Å². The summed E-state index contributed by atoms with van der Waals surface area (Å²) in [5, 5.41) is 9.77. The van der Waals surface area contributed by atoms with Gasteiger partial charge in [0.15, 0.2) is 5.82 Å². The first-order valence-electron chi connectivity index (χ1n) is 5.05. The number of aromatic hydroxyl groups is 1. The van der Waals surface area contributed by atoms with Crippen LogP contribution < -0.4 is 4.74 Å². The van der Waals surface area contributed by atoms with Gasteiger partial charge in [-0.15, -0.1) is 0 Å². The van der Waals surface area contributed by atoms with Gasteiger partial charge >= 0.3 is 0 Å². The third-order valence-electron chi connectivity index (χ3n) is 2.53. The largest absolute Gasteiger partial charge is 0.507 e. The fourth-order valence-corrected chi connectivity index (χ4v) is 2.06. The number of hydrogen-bond donors (Lipinski definition) is 1. The van der Waals surface area contributed by atoms with E-state index >= 15 is 0 Å². The quantitative estimate of drug-likeness (QED) is 0.814. The third-order valence-corrected chi connectivity index (χ3v) is 3.79. The van der Waals surface area contributed by atoms with Crippen molar-refractivity contribution in [2.24, 2.45) is 0 Å². The standard InChI is InChI=1S/C13H9BrClFO2/c1-18-7-2-5-11(17)9(6-7)8-3-4-10(14)12(15)13(8)16/h2-6,17H,1H3. The van der Waals surface area contributed by atoms with Crippen molar-refractivity contribution in [1.29, 1.82) is 0 Å². The van der Waals surface area contributed by atoms with Gasteiger partial charge in [-0.1, -0.05) is 17.7 Å². The number of benzene rings is 2. The molecule has 2 aromatic rings. The van der Waals surface area contributed by atoms with Crippen molar-refractivity contribution in [3.05, 3.63) is 45.6 Å². The Morgan fingerprint density at radius 1 is 1.22 bits per heavy atom. The molecule has 0 aromatic heterocycles. The molecule has 0 heterocycles. The van der Waals surface area contributed by atoms with Crippen molar-refractivity contribution in [2.75, 3.05) is 7.11 Å². The monoisotopic (exact) mass is 330 g/mol. The molecule has 0 fully saturated rings. The van der Waals surface area contributed by atoms with Crippen LogP contribution in [0.1, 0.15) is 0 Å². The molecule has 5 heteroatoms. The smallest absolute Gasteiger partial charge is 0.150 e. The number of rotatable bonds is 2. The van der Waals surface area contributed by atoms with Crippen LogP contribution in [0.2, 0.25) is 5.02 Å². The molecule has 0 saturated carbocycles. The molecule has 0 radical (unpaired) electrons. The number of methoxy groups -OCH3 is 1. The van der Waals surface area contributed by atoms with Crippen LogP contribution in [0.15, 0.2) is 34.8 Å². The Hall–Kier alpha value is -1.26. The first-order valence-corrected chi connectivity index (χ1v) is 6.22. The zero-order valence-electron chi connectivity index (χ0n) is 9.38. The summed E-state index contributed by atoms with van der Waals surface area (Å²) in [7, 11) is 1.50. The highest BCUT2D eigenvalue weighted by molar-refractivity contribution is 9.10. The van der Waals surface area contributed by atoms with Crippen LogP contribution in [0.4, 0.5) is 4.39 Å². The molecule has 2 rings (SSSR count). The van der Waals surface area contributed by atoms with Crippen molar-refractivity contribution in [3.8, 4) is 22.6 Å². The maximum absolute atomic E-state index is 14.0. The van der Waals surface area contributed by atoms with Gasteiger partial charge in [-0.2, -0.15) is 0 Å². The second kappa shape index (κ2) is 5.16. The van der Waals surface area contributed by atoms with Gasteiger partial charge in [-0.25, -0.2) is 4.39 Å². The van der Waals surface area contributed by atoms with Gasteiger partial charge in [-0.3, -0.25) is 0 Å². The molecular formula is C13H9BrClFO2. The third kappa shape index (κ3) is 2.31. The molecular weight excluding hydrogens is 322 g/mol. The van der Waals surface area contributed by atoms with Gasteiger partial charge in [0.05, 0.1) is 12.1 Å². The highest BCUT2D eigenvalue weighted by Gasteiger charge is 2.15. The summed E-state index contributed by atoms with van der Waals surface area (Å²) in [6, 6.07) is 7.76. The first-order chi connectivity index (χ1) is 8.54. The van der Waals surface area contributed by atoms with Crippen LogP contribution in [0, 0.1) is 5.82 Å². The van der Waals surface area contributed by atoms with Gasteiger partial charge in [0.2, 0.25) is 0 Å². The average molecular weight is 332 g/mol. The van der Waals surface area contributed by atoms with Gasteiger partial charge in [0.1, 0.15) is 11.5 Å². The molecule has 1 N–H and O–H groups in total. The predicted molar refractivity (Wildman–Crippen MR) is 72.8 cm³/mol. The van der Waals surface area contributed by atoms with Crippen LogP contribution in [0.5, 0.6) is 11.5 Å². The number of phenols is 1. The van der Waals surface area contributed by atoms with E-state index < -0.39 is 5.82 Å². The lowest BCUT2D eigenvalue weighted by Crippen LogP contribution is -1.89. The number of ether oxygens (including phenoxy) is 1. The SMILES string of the molecule is COc1ccc(O)c(-c2ccc(Br)c(Cl)c2F)c1. The Morgan fingerprint density at radius 2 is 1.94 bits per heavy atom. The number of hydrogen-bond acceptors (Lipinski definition) is 2. The summed E-state index contributed by atoms with van der Waals surface area (Å²) in [6.07, 6.45) is 0. The van der Waals surface area contributed by atoms with E-state index in [1.807, 2.05) is 0 Å². The van der Waals surface area contributed by atoms with E-state index in [9.17, 15) is 9.50 Å². The van der Waals surface area contributed by atoms with E-state index in [1.54, 1.807) is 24.3 Å². The molecule has 0 aliphatic rings. The van der Waals surface area contributed by atoms with E-state index in [0.29, 0.717) is 15.8 Å². The van der Waals surface area contributed by atoms with Gasteiger partial charge in [0.25, 0.3) is 0 Å². The molecule has 94 valence electrons. The van der Waals surface area contributed by atoms with Gasteiger partial charge in [-0.05, 0) is 40.2 Å². The minimum atomic E-state index is -0.588.